The van der Waals surface area contributed by atoms with E-state index in [0.29, 0.717) is 0 Å². The minimum Gasteiger partial charge on any atom is -0.412 e. The van der Waals surface area contributed by atoms with Gasteiger partial charge in [-0.1, -0.05) is 0 Å². The zero-order valence-electron chi connectivity index (χ0n) is 4.37. The highest BCUT2D eigenvalue weighted by atomic mass is 16.9. The molecule has 0 bridgehead atoms. The highest BCUT2D eigenvalue weighted by molar-refractivity contribution is 3.84. The van der Waals surface area contributed by atoms with Crippen LogP contribution in [0.25, 0.3) is 0 Å². The molecule has 6 nitrogen and oxygen atoms in total. The second-order valence-corrected chi connectivity index (χ2v) is 0.554. The summed E-state index contributed by atoms with van der Waals surface area (Å²) in [5.74, 6) is 0. The predicted octanol–water partition coefficient (Wildman–Crippen LogP) is -1.17. The molecule has 8 heavy (non-hydrogen) atoms. The minimum atomic E-state index is -1.50. The maximum atomic E-state index is 8.36. The van der Waals surface area contributed by atoms with Crippen LogP contribution in [0.2, 0.25) is 0 Å². The molecule has 0 fully saturated rings. The van der Waals surface area contributed by atoms with Gasteiger partial charge in [0.15, 0.2) is 0 Å². The maximum Gasteiger partial charge on any atom is 0.291 e. The van der Waals surface area contributed by atoms with Crippen molar-refractivity contribution >= 4 is 0 Å². The molecule has 0 rings (SSSR count). The molecule has 0 saturated heterocycles. The van der Waals surface area contributed by atoms with E-state index < -0.39 is 5.09 Å². The third-order valence-electron chi connectivity index (χ3n) is 0. The molecule has 0 heterocycles. The van der Waals surface area contributed by atoms with Crippen LogP contribution in [0.15, 0.2) is 0 Å². The van der Waals surface area contributed by atoms with Gasteiger partial charge in [-0.2, -0.15) is 0 Å². The van der Waals surface area contributed by atoms with Crippen LogP contribution < -0.4 is 0 Å². The van der Waals surface area contributed by atoms with Crippen LogP contribution in [-0.4, -0.2) is 27.5 Å². The van der Waals surface area contributed by atoms with E-state index in [1.807, 2.05) is 0 Å². The monoisotopic (exact) mass is 127 g/mol. The largest absolute Gasteiger partial charge is 0.412 e. The van der Waals surface area contributed by atoms with Gasteiger partial charge in [0.1, 0.15) is 0 Å². The SMILES string of the molecule is CCO.O.O=[N+]([O-])O. The van der Waals surface area contributed by atoms with Crippen molar-refractivity contribution in [1.82, 2.24) is 0 Å². The van der Waals surface area contributed by atoms with E-state index >= 15 is 0 Å². The molecule has 0 aliphatic heterocycles. The summed E-state index contributed by atoms with van der Waals surface area (Å²) in [6, 6.07) is 0. The van der Waals surface area contributed by atoms with E-state index in [-0.39, 0.29) is 12.1 Å². The molecule has 0 aromatic heterocycles. The summed E-state index contributed by atoms with van der Waals surface area (Å²) in [6.07, 6.45) is 0. The lowest BCUT2D eigenvalue weighted by Gasteiger charge is -1.56. The summed E-state index contributed by atoms with van der Waals surface area (Å²) in [7, 11) is 0. The van der Waals surface area contributed by atoms with Crippen molar-refractivity contribution in [3.63, 3.8) is 0 Å². The summed E-state index contributed by atoms with van der Waals surface area (Å²) < 4.78 is 0. The number of nitrogens with zero attached hydrogens (tertiary/aromatic N) is 1. The molecule has 6 heteroatoms. The van der Waals surface area contributed by atoms with Crippen molar-refractivity contribution in [2.24, 2.45) is 0 Å². The number of hydrogen-bond acceptors (Lipinski definition) is 3. The van der Waals surface area contributed by atoms with Crippen molar-refractivity contribution in [2.45, 2.75) is 6.92 Å². The Morgan fingerprint density at radius 3 is 1.75 bits per heavy atom. The Labute approximate surface area is 45.8 Å². The third-order valence-corrected chi connectivity index (χ3v) is 0. The lowest BCUT2D eigenvalue weighted by Crippen LogP contribution is -1.81. The Morgan fingerprint density at radius 1 is 1.75 bits per heavy atom. The van der Waals surface area contributed by atoms with E-state index in [0.717, 1.165) is 0 Å². The van der Waals surface area contributed by atoms with Gasteiger partial charge in [-0.15, -0.1) is 10.1 Å². The first kappa shape index (κ1) is 15.7. The smallest absolute Gasteiger partial charge is 0.291 e. The van der Waals surface area contributed by atoms with Gasteiger partial charge in [0.2, 0.25) is 0 Å². The third kappa shape index (κ3) is 112. The fourth-order valence-corrected chi connectivity index (χ4v) is 0. The van der Waals surface area contributed by atoms with Crippen molar-refractivity contribution in [2.75, 3.05) is 6.61 Å². The van der Waals surface area contributed by atoms with Crippen molar-refractivity contribution in [3.05, 3.63) is 10.1 Å². The van der Waals surface area contributed by atoms with E-state index in [1.165, 1.54) is 0 Å². The molecule has 0 atom stereocenters. The van der Waals surface area contributed by atoms with Crippen LogP contribution in [-0.2, 0) is 0 Å². The number of aliphatic hydroxyl groups excluding tert-OH is 1. The number of rotatable bonds is 0. The summed E-state index contributed by atoms with van der Waals surface area (Å²) in [5, 5.41) is 21.2. The second kappa shape index (κ2) is 16.5. The van der Waals surface area contributed by atoms with Gasteiger partial charge >= 0.3 is 0 Å². The summed E-state index contributed by atoms with van der Waals surface area (Å²) in [5.41, 5.74) is 0. The fourth-order valence-electron chi connectivity index (χ4n) is 0. The zero-order chi connectivity index (χ0) is 6.28. The molecule has 0 aromatic rings. The van der Waals surface area contributed by atoms with Crippen LogP contribution in [0, 0.1) is 10.1 Å². The molecule has 0 saturated carbocycles. The molecule has 0 amide bonds. The summed E-state index contributed by atoms with van der Waals surface area (Å²) in [6.45, 7) is 1.93. The summed E-state index contributed by atoms with van der Waals surface area (Å²) in [4.78, 5) is 8.36. The molecule has 0 spiro atoms. The lowest BCUT2D eigenvalue weighted by molar-refractivity contribution is -0.742. The zero-order valence-corrected chi connectivity index (χ0v) is 4.37. The number of hydrogen-bond donors (Lipinski definition) is 2. The molecule has 52 valence electrons. The van der Waals surface area contributed by atoms with Crippen molar-refractivity contribution < 1.29 is 20.9 Å². The van der Waals surface area contributed by atoms with E-state index in [9.17, 15) is 0 Å². The van der Waals surface area contributed by atoms with Crippen LogP contribution >= 0.6 is 0 Å². The molecule has 0 aliphatic rings. The normalized spacial score (nSPS) is 5.25. The van der Waals surface area contributed by atoms with E-state index in [2.05, 4.69) is 0 Å². The van der Waals surface area contributed by atoms with Crippen LogP contribution in [0.1, 0.15) is 6.92 Å². The first-order valence-corrected chi connectivity index (χ1v) is 1.59. The molecule has 4 N–H and O–H groups in total. The highest BCUT2D eigenvalue weighted by Crippen LogP contribution is 1.38. The highest BCUT2D eigenvalue weighted by Gasteiger charge is 1.65. The van der Waals surface area contributed by atoms with Crippen LogP contribution in [0.3, 0.4) is 0 Å². The Balaban J connectivity index is -0.0000000575. The molecule has 0 radical (unpaired) electrons. The molecular weight excluding hydrogens is 118 g/mol. The topological polar surface area (TPSA) is 115 Å². The molecule has 0 aliphatic carbocycles. The Hall–Kier alpha value is -0.880. The van der Waals surface area contributed by atoms with Crippen molar-refractivity contribution in [3.8, 4) is 0 Å². The quantitative estimate of drug-likeness (QED) is 0.315. The Morgan fingerprint density at radius 2 is 1.75 bits per heavy atom. The first-order chi connectivity index (χ1) is 3.15. The Kier molecular flexibility index (Phi) is 32.4. The van der Waals surface area contributed by atoms with Gasteiger partial charge in [-0.05, 0) is 6.92 Å². The summed E-state index contributed by atoms with van der Waals surface area (Å²) >= 11 is 0. The van der Waals surface area contributed by atoms with Gasteiger partial charge in [-0.25, -0.2) is 0 Å². The average molecular weight is 127 g/mol. The average Bonchev–Trinajstić information content (AvgIpc) is 1.33. The first-order valence-electron chi connectivity index (χ1n) is 1.59. The Bertz CT molecular complexity index is 41.7. The fraction of sp³-hybridized carbons (Fsp3) is 1.00. The van der Waals surface area contributed by atoms with Gasteiger partial charge in [0.05, 0.1) is 0 Å². The van der Waals surface area contributed by atoms with E-state index in [1.54, 1.807) is 6.92 Å². The van der Waals surface area contributed by atoms with Gasteiger partial charge in [0.25, 0.3) is 5.09 Å². The second-order valence-electron chi connectivity index (χ2n) is 0.554. The van der Waals surface area contributed by atoms with E-state index in [4.69, 9.17) is 20.4 Å². The molecular formula is C2H9NO5. The van der Waals surface area contributed by atoms with Crippen LogP contribution in [0.5, 0.6) is 0 Å². The minimum absolute atomic E-state index is 0. The number of aliphatic hydroxyl groups is 1. The standard InChI is InChI=1S/C2H6O.HNO3.H2O/c1-2-3;2-1(3)4;/h3H,2H2,1H3;(H,2,3,4);1H2. The maximum absolute atomic E-state index is 8.36. The molecule has 0 aromatic carbocycles. The van der Waals surface area contributed by atoms with Gasteiger partial charge in [0, 0.05) is 6.61 Å². The molecule has 0 unspecified atom stereocenters. The lowest BCUT2D eigenvalue weighted by atomic mass is 10.9. The van der Waals surface area contributed by atoms with Crippen molar-refractivity contribution in [1.29, 1.82) is 0 Å². The van der Waals surface area contributed by atoms with Gasteiger partial charge in [-0.3, -0.25) is 0 Å². The predicted molar refractivity (Wildman–Crippen MR) is 25.2 cm³/mol. The van der Waals surface area contributed by atoms with Gasteiger partial charge < -0.3 is 15.8 Å². The van der Waals surface area contributed by atoms with Crippen LogP contribution in [0.4, 0.5) is 0 Å².